The topological polar surface area (TPSA) is 29.5 Å². The summed E-state index contributed by atoms with van der Waals surface area (Å²) < 4.78 is 15.2. The molecule has 42 heavy (non-hydrogen) atoms. The maximum absolute atomic E-state index is 6.57. The van der Waals surface area contributed by atoms with E-state index in [0.29, 0.717) is 0 Å². The summed E-state index contributed by atoms with van der Waals surface area (Å²) in [6, 6.07) is 48.9. The average Bonchev–Trinajstić information content (AvgIpc) is 3.71. The van der Waals surface area contributed by atoms with E-state index in [1.165, 1.54) is 20.3 Å². The molecule has 4 heteroatoms. The van der Waals surface area contributed by atoms with Crippen LogP contribution in [0.4, 0.5) is 17.1 Å². The lowest BCUT2D eigenvalue weighted by Gasteiger charge is -2.28. The van der Waals surface area contributed by atoms with E-state index < -0.39 is 0 Å². The Hall–Kier alpha value is -5.32. The van der Waals surface area contributed by atoms with Gasteiger partial charge < -0.3 is 13.7 Å². The van der Waals surface area contributed by atoms with Crippen LogP contribution in [0.3, 0.4) is 0 Å². The van der Waals surface area contributed by atoms with Gasteiger partial charge in [0.2, 0.25) is 0 Å². The Labute approximate surface area is 245 Å². The lowest BCUT2D eigenvalue weighted by atomic mass is 10.0. The van der Waals surface area contributed by atoms with E-state index >= 15 is 0 Å². The van der Waals surface area contributed by atoms with Gasteiger partial charge in [-0.05, 0) is 60.2 Å². The molecule has 0 atom stereocenters. The minimum Gasteiger partial charge on any atom is -0.456 e. The highest BCUT2D eigenvalue weighted by Crippen LogP contribution is 2.46. The number of hydrogen-bond donors (Lipinski definition) is 0. The summed E-state index contributed by atoms with van der Waals surface area (Å²) in [6.07, 6.45) is 0. The number of furan rings is 2. The van der Waals surface area contributed by atoms with Crippen LogP contribution in [-0.4, -0.2) is 0 Å². The molecule has 0 radical (unpaired) electrons. The molecule has 3 aromatic heterocycles. The van der Waals surface area contributed by atoms with Gasteiger partial charge in [0, 0.05) is 49.2 Å². The molecular weight excluding hydrogens is 534 g/mol. The number of nitrogens with zero attached hydrogens (tertiary/aromatic N) is 1. The van der Waals surface area contributed by atoms with Crippen molar-refractivity contribution in [3.05, 3.63) is 140 Å². The third kappa shape index (κ3) is 3.52. The van der Waals surface area contributed by atoms with Crippen LogP contribution >= 0.6 is 11.3 Å². The van der Waals surface area contributed by atoms with Gasteiger partial charge in [-0.25, -0.2) is 0 Å². The van der Waals surface area contributed by atoms with Crippen molar-refractivity contribution in [2.45, 2.75) is 0 Å². The Bertz CT molecular complexity index is 2430. The number of fused-ring (bicyclic) bond motifs is 8. The molecule has 0 aliphatic carbocycles. The largest absolute Gasteiger partial charge is 0.456 e. The van der Waals surface area contributed by atoms with Crippen LogP contribution in [-0.2, 0) is 0 Å². The molecule has 0 N–H and O–H groups in total. The number of benzene rings is 6. The summed E-state index contributed by atoms with van der Waals surface area (Å²) >= 11 is 1.79. The SMILES string of the molecule is c1ccc(-c2ccccc2N(c2ccc3c(c2)oc2c4ccccc4sc32)c2ccc3oc4ccccc4c3c2)cc1. The predicted octanol–water partition coefficient (Wildman–Crippen LogP) is 11.8. The Kier molecular flexibility index (Phi) is 5.07. The van der Waals surface area contributed by atoms with E-state index in [0.717, 1.165) is 61.1 Å². The van der Waals surface area contributed by atoms with Crippen LogP contribution in [0, 0.1) is 0 Å². The number of hydrogen-bond acceptors (Lipinski definition) is 4. The van der Waals surface area contributed by atoms with Crippen LogP contribution in [0.5, 0.6) is 0 Å². The van der Waals surface area contributed by atoms with Gasteiger partial charge in [0.1, 0.15) is 16.7 Å². The van der Waals surface area contributed by atoms with Gasteiger partial charge in [0.05, 0.1) is 10.4 Å². The first-order valence-electron chi connectivity index (χ1n) is 14.0. The van der Waals surface area contributed by atoms with Crippen molar-refractivity contribution in [1.29, 1.82) is 0 Å². The van der Waals surface area contributed by atoms with Gasteiger partial charge in [-0.3, -0.25) is 0 Å². The second-order valence-electron chi connectivity index (χ2n) is 10.5. The lowest BCUT2D eigenvalue weighted by molar-refractivity contribution is 0.669. The molecule has 0 fully saturated rings. The van der Waals surface area contributed by atoms with Crippen molar-refractivity contribution >= 4 is 81.7 Å². The van der Waals surface area contributed by atoms with Crippen molar-refractivity contribution in [2.24, 2.45) is 0 Å². The molecule has 6 aromatic carbocycles. The lowest BCUT2D eigenvalue weighted by Crippen LogP contribution is -2.11. The quantitative estimate of drug-likeness (QED) is 0.215. The molecular formula is C38H23NO2S. The molecule has 0 bridgehead atoms. The molecule has 0 aliphatic heterocycles. The zero-order chi connectivity index (χ0) is 27.6. The minimum atomic E-state index is 0.879. The van der Waals surface area contributed by atoms with E-state index in [-0.39, 0.29) is 0 Å². The van der Waals surface area contributed by atoms with E-state index in [2.05, 4.69) is 132 Å². The summed E-state index contributed by atoms with van der Waals surface area (Å²) in [6.45, 7) is 0. The normalized spacial score (nSPS) is 11.8. The fourth-order valence-electron chi connectivity index (χ4n) is 6.14. The molecule has 9 aromatic rings. The number of para-hydroxylation sites is 2. The standard InChI is InChI=1S/C38H23NO2S/c1-2-10-24(11-3-1)27-12-4-7-15-32(27)39(25-19-21-34-31(22-25)28-13-5-8-16-33(28)40-34)26-18-20-29-35(23-26)41-37-30-14-6-9-17-36(30)42-38(29)37/h1-23H. The van der Waals surface area contributed by atoms with Gasteiger partial charge in [-0.2, -0.15) is 0 Å². The molecule has 0 spiro atoms. The van der Waals surface area contributed by atoms with Gasteiger partial charge in [0.25, 0.3) is 0 Å². The van der Waals surface area contributed by atoms with Crippen molar-refractivity contribution in [3.8, 4) is 11.1 Å². The van der Waals surface area contributed by atoms with Crippen LogP contribution < -0.4 is 4.90 Å². The van der Waals surface area contributed by atoms with Gasteiger partial charge >= 0.3 is 0 Å². The van der Waals surface area contributed by atoms with Gasteiger partial charge in [-0.15, -0.1) is 11.3 Å². The summed E-state index contributed by atoms with van der Waals surface area (Å²) in [5.41, 5.74) is 9.12. The van der Waals surface area contributed by atoms with Crippen LogP contribution in [0.1, 0.15) is 0 Å². The third-order valence-corrected chi connectivity index (χ3v) is 9.26. The third-order valence-electron chi connectivity index (χ3n) is 8.08. The molecule has 0 saturated carbocycles. The molecule has 198 valence electrons. The highest BCUT2D eigenvalue weighted by Gasteiger charge is 2.21. The highest BCUT2D eigenvalue weighted by molar-refractivity contribution is 7.26. The maximum Gasteiger partial charge on any atom is 0.154 e. The average molecular weight is 558 g/mol. The number of rotatable bonds is 4. The van der Waals surface area contributed by atoms with E-state index in [1.54, 1.807) is 11.3 Å². The summed E-state index contributed by atoms with van der Waals surface area (Å²) in [5, 5.41) is 4.51. The zero-order valence-corrected chi connectivity index (χ0v) is 23.3. The molecule has 3 nitrogen and oxygen atoms in total. The maximum atomic E-state index is 6.57. The molecule has 3 heterocycles. The fraction of sp³-hybridized carbons (Fsp3) is 0. The van der Waals surface area contributed by atoms with E-state index in [1.807, 2.05) is 12.1 Å². The highest BCUT2D eigenvalue weighted by atomic mass is 32.1. The Morgan fingerprint density at radius 3 is 2.12 bits per heavy atom. The number of anilines is 3. The fourth-order valence-corrected chi connectivity index (χ4v) is 7.30. The van der Waals surface area contributed by atoms with Crippen molar-refractivity contribution in [3.63, 3.8) is 0 Å². The first kappa shape index (κ1) is 23.4. The molecule has 0 saturated heterocycles. The number of thiophene rings is 1. The zero-order valence-electron chi connectivity index (χ0n) is 22.5. The summed E-state index contributed by atoms with van der Waals surface area (Å²) in [4.78, 5) is 2.33. The van der Waals surface area contributed by atoms with Crippen molar-refractivity contribution < 1.29 is 8.83 Å². The predicted molar refractivity (Wildman–Crippen MR) is 176 cm³/mol. The molecule has 0 amide bonds. The van der Waals surface area contributed by atoms with Gasteiger partial charge in [0.15, 0.2) is 5.58 Å². The Morgan fingerprint density at radius 1 is 0.476 bits per heavy atom. The Morgan fingerprint density at radius 2 is 1.19 bits per heavy atom. The summed E-state index contributed by atoms with van der Waals surface area (Å²) in [7, 11) is 0. The van der Waals surface area contributed by atoms with Gasteiger partial charge in [-0.1, -0.05) is 78.9 Å². The van der Waals surface area contributed by atoms with Crippen LogP contribution in [0.25, 0.3) is 64.4 Å². The first-order valence-corrected chi connectivity index (χ1v) is 14.8. The second kappa shape index (κ2) is 9.10. The monoisotopic (exact) mass is 557 g/mol. The van der Waals surface area contributed by atoms with Crippen molar-refractivity contribution in [2.75, 3.05) is 4.90 Å². The van der Waals surface area contributed by atoms with E-state index in [9.17, 15) is 0 Å². The van der Waals surface area contributed by atoms with Crippen LogP contribution in [0.2, 0.25) is 0 Å². The molecule has 0 aliphatic rings. The molecule has 9 rings (SSSR count). The Balaban J connectivity index is 1.30. The first-order chi connectivity index (χ1) is 20.8. The molecule has 0 unspecified atom stereocenters. The smallest absolute Gasteiger partial charge is 0.154 e. The van der Waals surface area contributed by atoms with Crippen molar-refractivity contribution in [1.82, 2.24) is 0 Å². The second-order valence-corrected chi connectivity index (χ2v) is 11.6. The summed E-state index contributed by atoms with van der Waals surface area (Å²) in [5.74, 6) is 0. The minimum absolute atomic E-state index is 0.879. The van der Waals surface area contributed by atoms with E-state index in [4.69, 9.17) is 8.83 Å². The van der Waals surface area contributed by atoms with Crippen LogP contribution in [0.15, 0.2) is 148 Å².